The number of anilines is 1. The topological polar surface area (TPSA) is 122 Å². The van der Waals surface area contributed by atoms with Gasteiger partial charge in [0.1, 0.15) is 5.41 Å². The Balaban J connectivity index is 2.55. The number of aromatic nitrogens is 1. The Bertz CT molecular complexity index is 551. The molecule has 9 heteroatoms. The van der Waals surface area contributed by atoms with Gasteiger partial charge >= 0.3 is 5.97 Å². The van der Waals surface area contributed by atoms with Crippen LogP contribution in [0, 0.1) is 0 Å². The smallest absolute Gasteiger partial charge is 0.315 e. The quantitative estimate of drug-likeness (QED) is 0.634. The van der Waals surface area contributed by atoms with Gasteiger partial charge in [-0.1, -0.05) is 0 Å². The number of rotatable bonds is 7. The molecule has 0 aliphatic carbocycles. The van der Waals surface area contributed by atoms with E-state index in [2.05, 4.69) is 10.3 Å². The summed E-state index contributed by atoms with van der Waals surface area (Å²) >= 11 is 1.29. The van der Waals surface area contributed by atoms with Crippen LogP contribution in [-0.4, -0.2) is 36.8 Å². The molecule has 0 spiro atoms. The van der Waals surface area contributed by atoms with E-state index >= 15 is 0 Å². The lowest BCUT2D eigenvalue weighted by molar-refractivity contribution is -0.142. The third-order valence-corrected chi connectivity index (χ3v) is 4.22. The molecule has 19 heavy (non-hydrogen) atoms. The second-order valence-corrected chi connectivity index (χ2v) is 7.21. The van der Waals surface area contributed by atoms with Crippen LogP contribution in [0.5, 0.6) is 0 Å². The molecular weight excluding hydrogens is 290 g/mol. The SMILES string of the molecule is CC(C)(C(=O)O)c1csc(NCCCS(N)(=O)=O)n1. The van der Waals surface area contributed by atoms with Crippen LogP contribution in [0.1, 0.15) is 26.0 Å². The van der Waals surface area contributed by atoms with E-state index in [-0.39, 0.29) is 5.75 Å². The molecule has 0 amide bonds. The van der Waals surface area contributed by atoms with Crippen molar-refractivity contribution < 1.29 is 18.3 Å². The number of thiazole rings is 1. The molecule has 1 aromatic heterocycles. The first kappa shape index (κ1) is 15.9. The fourth-order valence-corrected chi connectivity index (χ4v) is 2.67. The highest BCUT2D eigenvalue weighted by Gasteiger charge is 2.32. The van der Waals surface area contributed by atoms with Crippen molar-refractivity contribution >= 4 is 32.5 Å². The van der Waals surface area contributed by atoms with Gasteiger partial charge in [0.05, 0.1) is 11.4 Å². The molecule has 0 unspecified atom stereocenters. The van der Waals surface area contributed by atoms with Crippen LogP contribution in [0.4, 0.5) is 5.13 Å². The number of hydrogen-bond acceptors (Lipinski definition) is 6. The summed E-state index contributed by atoms with van der Waals surface area (Å²) in [5, 5.41) is 19.1. The number of carbonyl (C=O) groups is 1. The number of aliphatic carboxylic acids is 1. The highest BCUT2D eigenvalue weighted by molar-refractivity contribution is 7.89. The van der Waals surface area contributed by atoms with Crippen LogP contribution < -0.4 is 10.5 Å². The number of nitrogens with zero attached hydrogens (tertiary/aromatic N) is 1. The second kappa shape index (κ2) is 5.85. The van der Waals surface area contributed by atoms with E-state index in [9.17, 15) is 13.2 Å². The monoisotopic (exact) mass is 307 g/mol. The van der Waals surface area contributed by atoms with Gasteiger partial charge in [-0.3, -0.25) is 4.79 Å². The predicted octanol–water partition coefficient (Wildman–Crippen LogP) is 0.596. The van der Waals surface area contributed by atoms with E-state index < -0.39 is 21.4 Å². The number of nitrogens with two attached hydrogens (primary N) is 1. The van der Waals surface area contributed by atoms with Gasteiger partial charge in [-0.15, -0.1) is 11.3 Å². The van der Waals surface area contributed by atoms with Crippen molar-refractivity contribution in [1.82, 2.24) is 4.98 Å². The lowest BCUT2D eigenvalue weighted by Crippen LogP contribution is -2.28. The molecule has 1 rings (SSSR count). The third kappa shape index (κ3) is 4.77. The standard InChI is InChI=1S/C10H17N3O4S2/c1-10(2,8(14)15)7-6-18-9(13-7)12-4-3-5-19(11,16)17/h6H,3-5H2,1-2H3,(H,12,13)(H,14,15)(H2,11,16,17). The summed E-state index contributed by atoms with van der Waals surface area (Å²) in [5.74, 6) is -1.04. The number of hydrogen-bond donors (Lipinski definition) is 3. The lowest BCUT2D eigenvalue weighted by Gasteiger charge is -2.15. The number of carboxylic acid groups (broad SMARTS) is 1. The molecule has 0 aliphatic heterocycles. The van der Waals surface area contributed by atoms with Gasteiger partial charge in [-0.2, -0.15) is 0 Å². The molecule has 0 aromatic carbocycles. The van der Waals surface area contributed by atoms with Crippen LogP contribution in [-0.2, 0) is 20.2 Å². The van der Waals surface area contributed by atoms with E-state index in [0.717, 1.165) is 0 Å². The minimum absolute atomic E-state index is 0.0984. The average Bonchev–Trinajstić information content (AvgIpc) is 2.72. The molecule has 0 radical (unpaired) electrons. The van der Waals surface area contributed by atoms with Gasteiger partial charge in [-0.25, -0.2) is 18.5 Å². The Morgan fingerprint density at radius 3 is 2.74 bits per heavy atom. The van der Waals surface area contributed by atoms with Crippen LogP contribution >= 0.6 is 11.3 Å². The summed E-state index contributed by atoms with van der Waals surface area (Å²) in [5.41, 5.74) is -0.573. The lowest BCUT2D eigenvalue weighted by atomic mass is 9.90. The molecular formula is C10H17N3O4S2. The summed E-state index contributed by atoms with van der Waals surface area (Å²) in [4.78, 5) is 15.2. The maximum atomic E-state index is 11.1. The third-order valence-electron chi connectivity index (χ3n) is 2.56. The van der Waals surface area contributed by atoms with Crippen molar-refractivity contribution in [2.75, 3.05) is 17.6 Å². The summed E-state index contributed by atoms with van der Waals surface area (Å²) < 4.78 is 21.4. The molecule has 0 bridgehead atoms. The van der Waals surface area contributed by atoms with Crippen molar-refractivity contribution in [3.8, 4) is 0 Å². The van der Waals surface area contributed by atoms with E-state index in [1.54, 1.807) is 19.2 Å². The van der Waals surface area contributed by atoms with Crippen LogP contribution in [0.2, 0.25) is 0 Å². The van der Waals surface area contributed by atoms with Crippen molar-refractivity contribution in [3.05, 3.63) is 11.1 Å². The molecule has 0 saturated heterocycles. The minimum Gasteiger partial charge on any atom is -0.481 e. The summed E-state index contributed by atoms with van der Waals surface area (Å²) in [7, 11) is -3.44. The molecule has 1 aromatic rings. The first-order valence-corrected chi connectivity index (χ1v) is 8.16. The minimum atomic E-state index is -3.44. The molecule has 0 saturated carbocycles. The highest BCUT2D eigenvalue weighted by atomic mass is 32.2. The summed E-state index contributed by atoms with van der Waals surface area (Å²) in [6.07, 6.45) is 0.371. The van der Waals surface area contributed by atoms with Crippen molar-refractivity contribution in [3.63, 3.8) is 0 Å². The zero-order valence-corrected chi connectivity index (χ0v) is 12.3. The maximum absolute atomic E-state index is 11.1. The Morgan fingerprint density at radius 2 is 2.21 bits per heavy atom. The molecule has 108 valence electrons. The van der Waals surface area contributed by atoms with E-state index in [0.29, 0.717) is 23.8 Å². The Labute approximate surface area is 115 Å². The number of sulfonamides is 1. The Kier molecular flexibility index (Phi) is 4.88. The van der Waals surface area contributed by atoms with E-state index in [1.807, 2.05) is 0 Å². The molecule has 7 nitrogen and oxygen atoms in total. The zero-order chi connectivity index (χ0) is 14.7. The fourth-order valence-electron chi connectivity index (χ4n) is 1.22. The second-order valence-electron chi connectivity index (χ2n) is 4.62. The van der Waals surface area contributed by atoms with E-state index in [4.69, 9.17) is 10.2 Å². The number of nitrogens with one attached hydrogen (secondary N) is 1. The molecule has 0 fully saturated rings. The van der Waals surface area contributed by atoms with Crippen LogP contribution in [0.3, 0.4) is 0 Å². The number of carboxylic acids is 1. The van der Waals surface area contributed by atoms with Crippen LogP contribution in [0.15, 0.2) is 5.38 Å². The van der Waals surface area contributed by atoms with Gasteiger partial charge in [-0.05, 0) is 20.3 Å². The Hall–Kier alpha value is -1.19. The highest BCUT2D eigenvalue weighted by Crippen LogP contribution is 2.27. The largest absolute Gasteiger partial charge is 0.481 e. The van der Waals surface area contributed by atoms with Gasteiger partial charge in [0, 0.05) is 11.9 Å². The normalized spacial score (nSPS) is 12.4. The average molecular weight is 307 g/mol. The van der Waals surface area contributed by atoms with Gasteiger partial charge in [0.25, 0.3) is 0 Å². The predicted molar refractivity (Wildman–Crippen MR) is 73.9 cm³/mol. The van der Waals surface area contributed by atoms with Gasteiger partial charge in [0.15, 0.2) is 5.13 Å². The van der Waals surface area contributed by atoms with E-state index in [1.165, 1.54) is 11.3 Å². The van der Waals surface area contributed by atoms with Crippen LogP contribution in [0.25, 0.3) is 0 Å². The van der Waals surface area contributed by atoms with Crippen molar-refractivity contribution in [1.29, 1.82) is 0 Å². The maximum Gasteiger partial charge on any atom is 0.315 e. The number of primary sulfonamides is 1. The molecule has 1 heterocycles. The van der Waals surface area contributed by atoms with Gasteiger partial charge < -0.3 is 10.4 Å². The molecule has 0 aliphatic rings. The van der Waals surface area contributed by atoms with Crippen molar-refractivity contribution in [2.24, 2.45) is 5.14 Å². The first-order valence-electron chi connectivity index (χ1n) is 5.56. The summed E-state index contributed by atoms with van der Waals surface area (Å²) in [6, 6.07) is 0. The molecule has 4 N–H and O–H groups in total. The Morgan fingerprint density at radius 1 is 1.58 bits per heavy atom. The summed E-state index contributed by atoms with van der Waals surface area (Å²) in [6.45, 7) is 3.57. The molecule has 0 atom stereocenters. The first-order chi connectivity index (χ1) is 8.63. The van der Waals surface area contributed by atoms with Crippen molar-refractivity contribution in [2.45, 2.75) is 25.7 Å². The fraction of sp³-hybridized carbons (Fsp3) is 0.600. The van der Waals surface area contributed by atoms with Gasteiger partial charge in [0.2, 0.25) is 10.0 Å². The zero-order valence-electron chi connectivity index (χ0n) is 10.7.